The molecule has 0 radical (unpaired) electrons. The van der Waals surface area contributed by atoms with Crippen molar-refractivity contribution < 1.29 is 13.2 Å². The number of hydrogen-bond acceptors (Lipinski definition) is 4. The second-order valence-electron chi connectivity index (χ2n) is 6.05. The summed E-state index contributed by atoms with van der Waals surface area (Å²) in [6.45, 7) is 1.75. The summed E-state index contributed by atoms with van der Waals surface area (Å²) in [5.74, 6) is 0.195. The third-order valence-corrected chi connectivity index (χ3v) is 5.81. The minimum absolute atomic E-state index is 0.0918. The van der Waals surface area contributed by atoms with E-state index in [-0.39, 0.29) is 23.4 Å². The number of nitrogens with zero attached hydrogens (tertiary/aromatic N) is 1. The molecule has 7 nitrogen and oxygen atoms in total. The number of carbonyl (C=O) groups excluding carboxylic acids is 1. The van der Waals surface area contributed by atoms with Crippen molar-refractivity contribution in [2.75, 3.05) is 19.6 Å². The molecule has 2 heterocycles. The minimum Gasteiger partial charge on any atom is -0.356 e. The number of likely N-dealkylation sites (tertiary alicyclic amines) is 1. The number of aromatic amines is 1. The molecule has 1 saturated carbocycles. The fourth-order valence-corrected chi connectivity index (χ4v) is 4.16. The van der Waals surface area contributed by atoms with Gasteiger partial charge in [-0.3, -0.25) is 4.79 Å². The lowest BCUT2D eigenvalue weighted by molar-refractivity contribution is 0.0787. The van der Waals surface area contributed by atoms with Gasteiger partial charge in [0.15, 0.2) is 0 Å². The van der Waals surface area contributed by atoms with E-state index in [1.807, 2.05) is 0 Å². The first-order valence-electron chi connectivity index (χ1n) is 7.71. The monoisotopic (exact) mass is 326 g/mol. The van der Waals surface area contributed by atoms with Crippen LogP contribution in [-0.4, -0.2) is 49.9 Å². The molecule has 1 aliphatic carbocycles. The van der Waals surface area contributed by atoms with Crippen LogP contribution in [-0.2, 0) is 10.0 Å². The number of rotatable bonds is 6. The quantitative estimate of drug-likeness (QED) is 0.697. The van der Waals surface area contributed by atoms with Crippen LogP contribution in [0.2, 0.25) is 0 Å². The van der Waals surface area contributed by atoms with Gasteiger partial charge in [0.25, 0.3) is 5.91 Å². The number of hydrogen-bond donors (Lipinski definition) is 3. The van der Waals surface area contributed by atoms with Crippen LogP contribution < -0.4 is 10.5 Å². The van der Waals surface area contributed by atoms with E-state index in [4.69, 9.17) is 5.73 Å². The van der Waals surface area contributed by atoms with Gasteiger partial charge in [0, 0.05) is 31.9 Å². The predicted octanol–water partition coefficient (Wildman–Crippen LogP) is 0.266. The van der Waals surface area contributed by atoms with Gasteiger partial charge in [-0.25, -0.2) is 13.1 Å². The van der Waals surface area contributed by atoms with Gasteiger partial charge < -0.3 is 15.6 Å². The maximum atomic E-state index is 12.4. The summed E-state index contributed by atoms with van der Waals surface area (Å²) in [6, 6.07) is 1.18. The van der Waals surface area contributed by atoms with Crippen LogP contribution in [0.3, 0.4) is 0 Å². The first kappa shape index (κ1) is 15.5. The molecule has 0 bridgehead atoms. The van der Waals surface area contributed by atoms with E-state index >= 15 is 0 Å². The van der Waals surface area contributed by atoms with Crippen molar-refractivity contribution in [3.05, 3.63) is 18.0 Å². The predicted molar refractivity (Wildman–Crippen MR) is 81.8 cm³/mol. The summed E-state index contributed by atoms with van der Waals surface area (Å²) in [6.07, 6.45) is 5.38. The normalized spacial score (nSPS) is 20.3. The van der Waals surface area contributed by atoms with Gasteiger partial charge in [-0.05, 0) is 37.7 Å². The van der Waals surface area contributed by atoms with Crippen molar-refractivity contribution >= 4 is 15.9 Å². The number of sulfonamides is 1. The van der Waals surface area contributed by atoms with Crippen LogP contribution in [0.25, 0.3) is 0 Å². The highest BCUT2D eigenvalue weighted by Gasteiger charge is 2.34. The molecule has 22 heavy (non-hydrogen) atoms. The standard InChI is InChI=1S/C14H22N4O3S/c15-8-13(10-3-4-10)17-22(20,21)11-7-12(16-9-11)14(19)18-5-1-2-6-18/h7,9-10,13,16-17H,1-6,8,15H2. The number of nitrogens with one attached hydrogen (secondary N) is 2. The van der Waals surface area contributed by atoms with Crippen LogP contribution in [0.4, 0.5) is 0 Å². The molecule has 4 N–H and O–H groups in total. The lowest BCUT2D eigenvalue weighted by atomic mass is 10.2. The molecule has 8 heteroatoms. The van der Waals surface area contributed by atoms with Gasteiger partial charge in [-0.1, -0.05) is 0 Å². The summed E-state index contributed by atoms with van der Waals surface area (Å²) in [5.41, 5.74) is 5.96. The Balaban J connectivity index is 1.72. The Morgan fingerprint density at radius 1 is 1.41 bits per heavy atom. The lowest BCUT2D eigenvalue weighted by Crippen LogP contribution is -2.41. The molecule has 0 aromatic carbocycles. The molecule has 122 valence electrons. The molecule has 1 atom stereocenters. The molecule has 1 aromatic rings. The second kappa shape index (κ2) is 6.02. The Bertz CT molecular complexity index is 645. The number of H-pyrrole nitrogens is 1. The van der Waals surface area contributed by atoms with Crippen LogP contribution in [0, 0.1) is 5.92 Å². The molecule has 1 unspecified atom stereocenters. The van der Waals surface area contributed by atoms with E-state index in [9.17, 15) is 13.2 Å². The Morgan fingerprint density at radius 3 is 2.68 bits per heavy atom. The molecule has 1 amide bonds. The van der Waals surface area contributed by atoms with Crippen molar-refractivity contribution in [3.63, 3.8) is 0 Å². The number of carbonyl (C=O) groups is 1. The van der Waals surface area contributed by atoms with Crippen LogP contribution in [0.1, 0.15) is 36.2 Å². The van der Waals surface area contributed by atoms with Gasteiger partial charge >= 0.3 is 0 Å². The highest BCUT2D eigenvalue weighted by atomic mass is 32.2. The maximum absolute atomic E-state index is 12.4. The summed E-state index contributed by atoms with van der Waals surface area (Å²) in [7, 11) is -3.64. The first-order chi connectivity index (χ1) is 10.5. The molecule has 1 aliphatic heterocycles. The summed E-state index contributed by atoms with van der Waals surface area (Å²) < 4.78 is 27.4. The van der Waals surface area contributed by atoms with Crippen molar-refractivity contribution in [3.8, 4) is 0 Å². The Kier molecular flexibility index (Phi) is 4.24. The zero-order chi connectivity index (χ0) is 15.7. The number of aromatic nitrogens is 1. The highest BCUT2D eigenvalue weighted by molar-refractivity contribution is 7.89. The van der Waals surface area contributed by atoms with Crippen LogP contribution >= 0.6 is 0 Å². The number of nitrogens with two attached hydrogens (primary N) is 1. The highest BCUT2D eigenvalue weighted by Crippen LogP contribution is 2.32. The molecule has 0 spiro atoms. The summed E-state index contributed by atoms with van der Waals surface area (Å²) in [5, 5.41) is 0. The molecular formula is C14H22N4O3S. The van der Waals surface area contributed by atoms with Crippen molar-refractivity contribution in [2.45, 2.75) is 36.6 Å². The Labute approximate surface area is 130 Å². The third-order valence-electron chi connectivity index (χ3n) is 4.34. The molecule has 1 aromatic heterocycles. The fourth-order valence-electron chi connectivity index (χ4n) is 2.85. The zero-order valence-corrected chi connectivity index (χ0v) is 13.2. The van der Waals surface area contributed by atoms with E-state index in [1.165, 1.54) is 12.3 Å². The van der Waals surface area contributed by atoms with Gasteiger partial charge in [0.2, 0.25) is 10.0 Å². The molecule has 3 rings (SSSR count). The number of amides is 1. The van der Waals surface area contributed by atoms with E-state index in [0.717, 1.165) is 38.8 Å². The minimum atomic E-state index is -3.64. The van der Waals surface area contributed by atoms with E-state index in [0.29, 0.717) is 11.6 Å². The van der Waals surface area contributed by atoms with Crippen molar-refractivity contribution in [1.29, 1.82) is 0 Å². The van der Waals surface area contributed by atoms with Crippen molar-refractivity contribution in [1.82, 2.24) is 14.6 Å². The molecule has 1 saturated heterocycles. The zero-order valence-electron chi connectivity index (χ0n) is 12.4. The van der Waals surface area contributed by atoms with Crippen LogP contribution in [0.5, 0.6) is 0 Å². The Morgan fingerprint density at radius 2 is 2.09 bits per heavy atom. The maximum Gasteiger partial charge on any atom is 0.270 e. The molecule has 2 fully saturated rings. The lowest BCUT2D eigenvalue weighted by Gasteiger charge is -2.15. The topological polar surface area (TPSA) is 108 Å². The van der Waals surface area contributed by atoms with E-state index in [2.05, 4.69) is 9.71 Å². The second-order valence-corrected chi connectivity index (χ2v) is 7.76. The van der Waals surface area contributed by atoms with Crippen LogP contribution in [0.15, 0.2) is 17.2 Å². The van der Waals surface area contributed by atoms with Gasteiger partial charge in [0.1, 0.15) is 10.6 Å². The third kappa shape index (κ3) is 3.18. The van der Waals surface area contributed by atoms with Gasteiger partial charge in [-0.2, -0.15) is 0 Å². The fraction of sp³-hybridized carbons (Fsp3) is 0.643. The van der Waals surface area contributed by atoms with Gasteiger partial charge in [-0.15, -0.1) is 0 Å². The first-order valence-corrected chi connectivity index (χ1v) is 9.19. The molecular weight excluding hydrogens is 304 g/mol. The molecule has 2 aliphatic rings. The van der Waals surface area contributed by atoms with E-state index in [1.54, 1.807) is 4.90 Å². The smallest absolute Gasteiger partial charge is 0.270 e. The van der Waals surface area contributed by atoms with E-state index < -0.39 is 10.0 Å². The SMILES string of the molecule is NCC(NS(=O)(=O)c1c[nH]c(C(=O)N2CCCC2)c1)C1CC1. The Hall–Kier alpha value is -1.38. The van der Waals surface area contributed by atoms with Crippen molar-refractivity contribution in [2.24, 2.45) is 11.7 Å². The summed E-state index contributed by atoms with van der Waals surface area (Å²) >= 11 is 0. The average Bonchev–Trinajstić information content (AvgIpc) is 3.01. The average molecular weight is 326 g/mol. The summed E-state index contributed by atoms with van der Waals surface area (Å²) in [4.78, 5) is 16.9. The largest absolute Gasteiger partial charge is 0.356 e. The van der Waals surface area contributed by atoms with Gasteiger partial charge in [0.05, 0.1) is 0 Å².